The van der Waals surface area contributed by atoms with Crippen LogP contribution in [0.4, 0.5) is 0 Å². The normalized spacial score (nSPS) is 16.0. The SMILES string of the molecule is Cc1ccc(Oc2cccc(/C=C3/SC(=S)NC3=O)c2)cc1. The highest BCUT2D eigenvalue weighted by atomic mass is 32.2. The van der Waals surface area contributed by atoms with Gasteiger partial charge in [0.15, 0.2) is 0 Å². The maximum absolute atomic E-state index is 11.7. The van der Waals surface area contributed by atoms with Crippen LogP contribution in [0, 0.1) is 6.92 Å². The number of carbonyl (C=O) groups excluding carboxylic acids is 1. The molecule has 0 spiro atoms. The van der Waals surface area contributed by atoms with Crippen molar-refractivity contribution in [1.29, 1.82) is 0 Å². The van der Waals surface area contributed by atoms with Gasteiger partial charge in [-0.2, -0.15) is 0 Å². The summed E-state index contributed by atoms with van der Waals surface area (Å²) in [6.07, 6.45) is 1.81. The van der Waals surface area contributed by atoms with Crippen molar-refractivity contribution in [2.24, 2.45) is 0 Å². The second-order valence-corrected chi connectivity index (χ2v) is 6.56. The van der Waals surface area contributed by atoms with Crippen LogP contribution < -0.4 is 10.1 Å². The summed E-state index contributed by atoms with van der Waals surface area (Å²) in [5.74, 6) is 1.36. The van der Waals surface area contributed by atoms with Crippen molar-refractivity contribution < 1.29 is 9.53 Å². The van der Waals surface area contributed by atoms with Gasteiger partial charge in [0.25, 0.3) is 5.91 Å². The molecule has 0 atom stereocenters. The van der Waals surface area contributed by atoms with E-state index < -0.39 is 0 Å². The molecule has 0 aliphatic carbocycles. The van der Waals surface area contributed by atoms with Crippen molar-refractivity contribution in [3.8, 4) is 11.5 Å². The number of thioether (sulfide) groups is 1. The third-order valence-electron chi connectivity index (χ3n) is 3.05. The molecular weight excluding hydrogens is 314 g/mol. The summed E-state index contributed by atoms with van der Waals surface area (Å²) in [5.41, 5.74) is 2.08. The Morgan fingerprint density at radius 2 is 1.91 bits per heavy atom. The predicted octanol–water partition coefficient (Wildman–Crippen LogP) is 4.28. The van der Waals surface area contributed by atoms with Crippen molar-refractivity contribution in [3.05, 3.63) is 64.6 Å². The van der Waals surface area contributed by atoms with E-state index in [2.05, 4.69) is 5.32 Å². The number of aryl methyl sites for hydroxylation is 1. The standard InChI is InChI=1S/C17H13NO2S2/c1-11-5-7-13(8-6-11)20-14-4-2-3-12(9-14)10-15-16(19)18-17(21)22-15/h2-10H,1H3,(H,18,19,21)/b15-10+. The number of nitrogens with one attached hydrogen (secondary N) is 1. The summed E-state index contributed by atoms with van der Waals surface area (Å²) >= 11 is 6.25. The van der Waals surface area contributed by atoms with Crippen LogP contribution >= 0.6 is 24.0 Å². The van der Waals surface area contributed by atoms with Gasteiger partial charge in [-0.3, -0.25) is 4.79 Å². The van der Waals surface area contributed by atoms with E-state index in [1.54, 1.807) is 6.08 Å². The topological polar surface area (TPSA) is 38.3 Å². The van der Waals surface area contributed by atoms with Gasteiger partial charge in [-0.25, -0.2) is 0 Å². The largest absolute Gasteiger partial charge is 0.457 e. The summed E-state index contributed by atoms with van der Waals surface area (Å²) in [5, 5.41) is 2.60. The number of carbonyl (C=O) groups is 1. The first kappa shape index (κ1) is 14.8. The first-order chi connectivity index (χ1) is 10.6. The highest BCUT2D eigenvalue weighted by Crippen LogP contribution is 2.28. The number of amides is 1. The summed E-state index contributed by atoms with van der Waals surface area (Å²) in [6.45, 7) is 2.03. The molecule has 1 aliphatic heterocycles. The van der Waals surface area contributed by atoms with E-state index in [9.17, 15) is 4.79 Å². The van der Waals surface area contributed by atoms with Gasteiger partial charge < -0.3 is 10.1 Å². The molecular formula is C17H13NO2S2. The van der Waals surface area contributed by atoms with E-state index in [4.69, 9.17) is 17.0 Å². The average Bonchev–Trinajstić information content (AvgIpc) is 2.80. The Morgan fingerprint density at radius 3 is 2.59 bits per heavy atom. The van der Waals surface area contributed by atoms with E-state index in [0.717, 1.165) is 17.1 Å². The van der Waals surface area contributed by atoms with Crippen molar-refractivity contribution in [3.63, 3.8) is 0 Å². The second kappa shape index (κ2) is 6.34. The number of thiocarbonyl (C=S) groups is 1. The van der Waals surface area contributed by atoms with Gasteiger partial charge in [0.1, 0.15) is 15.8 Å². The zero-order chi connectivity index (χ0) is 15.5. The molecule has 22 heavy (non-hydrogen) atoms. The fraction of sp³-hybridized carbons (Fsp3) is 0.0588. The molecule has 1 fully saturated rings. The van der Waals surface area contributed by atoms with Crippen LogP contribution in [0.2, 0.25) is 0 Å². The van der Waals surface area contributed by atoms with Crippen LogP contribution in [-0.4, -0.2) is 10.2 Å². The van der Waals surface area contributed by atoms with E-state index >= 15 is 0 Å². The van der Waals surface area contributed by atoms with Crippen molar-refractivity contribution in [2.75, 3.05) is 0 Å². The average molecular weight is 327 g/mol. The smallest absolute Gasteiger partial charge is 0.263 e. The zero-order valence-electron chi connectivity index (χ0n) is 11.8. The van der Waals surface area contributed by atoms with E-state index in [-0.39, 0.29) is 5.91 Å². The summed E-state index contributed by atoms with van der Waals surface area (Å²) in [7, 11) is 0. The molecule has 1 N–H and O–H groups in total. The molecule has 1 heterocycles. The molecule has 1 aliphatic rings. The maximum Gasteiger partial charge on any atom is 0.263 e. The Labute approximate surface area is 138 Å². The highest BCUT2D eigenvalue weighted by molar-refractivity contribution is 8.26. The first-order valence-corrected chi connectivity index (χ1v) is 7.92. The fourth-order valence-electron chi connectivity index (χ4n) is 1.98. The predicted molar refractivity (Wildman–Crippen MR) is 94.0 cm³/mol. The molecule has 3 nitrogen and oxygen atoms in total. The molecule has 0 aromatic heterocycles. The molecule has 1 amide bonds. The lowest BCUT2D eigenvalue weighted by Gasteiger charge is -2.06. The van der Waals surface area contributed by atoms with Crippen LogP contribution in [0.5, 0.6) is 11.5 Å². The second-order valence-electron chi connectivity index (χ2n) is 4.84. The number of benzene rings is 2. The molecule has 2 aromatic carbocycles. The molecule has 1 saturated heterocycles. The monoisotopic (exact) mass is 327 g/mol. The highest BCUT2D eigenvalue weighted by Gasteiger charge is 2.21. The van der Waals surface area contributed by atoms with Crippen LogP contribution in [0.25, 0.3) is 6.08 Å². The Balaban J connectivity index is 1.81. The minimum atomic E-state index is -0.153. The van der Waals surface area contributed by atoms with Gasteiger partial charge in [0.2, 0.25) is 0 Å². The van der Waals surface area contributed by atoms with Crippen molar-refractivity contribution in [1.82, 2.24) is 5.32 Å². The van der Waals surface area contributed by atoms with E-state index in [0.29, 0.717) is 9.23 Å². The van der Waals surface area contributed by atoms with Gasteiger partial charge in [0.05, 0.1) is 4.91 Å². The van der Waals surface area contributed by atoms with Crippen molar-refractivity contribution >= 4 is 40.3 Å². The van der Waals surface area contributed by atoms with Gasteiger partial charge in [0, 0.05) is 0 Å². The van der Waals surface area contributed by atoms with Gasteiger partial charge in [-0.05, 0) is 42.8 Å². The van der Waals surface area contributed by atoms with Gasteiger partial charge in [-0.15, -0.1) is 0 Å². The van der Waals surface area contributed by atoms with Crippen molar-refractivity contribution in [2.45, 2.75) is 6.92 Å². The summed E-state index contributed by atoms with van der Waals surface area (Å²) in [4.78, 5) is 12.3. The lowest BCUT2D eigenvalue weighted by Crippen LogP contribution is -2.17. The Bertz CT molecular complexity index is 766. The molecule has 2 aromatic rings. The summed E-state index contributed by atoms with van der Waals surface area (Å²) < 4.78 is 6.31. The first-order valence-electron chi connectivity index (χ1n) is 6.69. The number of hydrogen-bond acceptors (Lipinski definition) is 4. The maximum atomic E-state index is 11.7. The number of hydrogen-bond donors (Lipinski definition) is 1. The minimum absolute atomic E-state index is 0.153. The van der Waals surface area contributed by atoms with E-state index in [1.807, 2.05) is 55.5 Å². The Hall–Kier alpha value is -2.11. The molecule has 0 radical (unpaired) electrons. The Morgan fingerprint density at radius 1 is 1.14 bits per heavy atom. The van der Waals surface area contributed by atoms with Gasteiger partial charge >= 0.3 is 0 Å². The minimum Gasteiger partial charge on any atom is -0.457 e. The lowest BCUT2D eigenvalue weighted by atomic mass is 10.2. The number of rotatable bonds is 3. The lowest BCUT2D eigenvalue weighted by molar-refractivity contribution is -0.115. The van der Waals surface area contributed by atoms with Crippen LogP contribution in [0.1, 0.15) is 11.1 Å². The quantitative estimate of drug-likeness (QED) is 0.675. The zero-order valence-corrected chi connectivity index (χ0v) is 13.5. The van der Waals surface area contributed by atoms with Crippen LogP contribution in [0.3, 0.4) is 0 Å². The molecule has 5 heteroatoms. The molecule has 0 unspecified atom stereocenters. The molecule has 3 rings (SSSR count). The van der Waals surface area contributed by atoms with E-state index in [1.165, 1.54) is 17.3 Å². The summed E-state index contributed by atoms with van der Waals surface area (Å²) in [6, 6.07) is 15.5. The third kappa shape index (κ3) is 3.55. The molecule has 110 valence electrons. The fourth-order valence-corrected chi connectivity index (χ4v) is 3.03. The third-order valence-corrected chi connectivity index (χ3v) is 4.22. The van der Waals surface area contributed by atoms with Crippen LogP contribution in [-0.2, 0) is 4.79 Å². The Kier molecular flexibility index (Phi) is 4.27. The molecule has 0 saturated carbocycles. The van der Waals surface area contributed by atoms with Gasteiger partial charge in [-0.1, -0.05) is 53.8 Å². The van der Waals surface area contributed by atoms with Crippen LogP contribution in [0.15, 0.2) is 53.4 Å². The molecule has 0 bridgehead atoms. The number of ether oxygens (including phenoxy) is 1.